The standard InChI is InChI=1S/C20H17FO6/c1-3-11-6-15-12(7-19(23)27-18(15)9-17(11)22)10-26-20(24)14-5-4-13(25-2)8-16(14)21/h4-9,22H,3,10H2,1-2H3. The molecule has 140 valence electrons. The van der Waals surface area contributed by atoms with Gasteiger partial charge in [0.15, 0.2) is 0 Å². The highest BCUT2D eigenvalue weighted by atomic mass is 19.1. The Morgan fingerprint density at radius 1 is 1.19 bits per heavy atom. The summed E-state index contributed by atoms with van der Waals surface area (Å²) in [5.41, 5.74) is 0.352. The molecule has 0 aliphatic rings. The van der Waals surface area contributed by atoms with Gasteiger partial charge in [0.05, 0.1) is 12.7 Å². The van der Waals surface area contributed by atoms with Crippen molar-refractivity contribution in [2.45, 2.75) is 20.0 Å². The maximum Gasteiger partial charge on any atom is 0.341 e. The highest BCUT2D eigenvalue weighted by Crippen LogP contribution is 2.27. The van der Waals surface area contributed by atoms with Crippen molar-refractivity contribution < 1.29 is 28.2 Å². The molecule has 0 saturated heterocycles. The summed E-state index contributed by atoms with van der Waals surface area (Å²) < 4.78 is 29.2. The van der Waals surface area contributed by atoms with E-state index in [0.29, 0.717) is 22.9 Å². The van der Waals surface area contributed by atoms with Crippen LogP contribution in [0.3, 0.4) is 0 Å². The van der Waals surface area contributed by atoms with Gasteiger partial charge in [0, 0.05) is 29.1 Å². The van der Waals surface area contributed by atoms with Crippen LogP contribution in [0.15, 0.2) is 45.6 Å². The molecule has 0 atom stereocenters. The topological polar surface area (TPSA) is 86.0 Å². The van der Waals surface area contributed by atoms with Gasteiger partial charge in [0.1, 0.15) is 29.5 Å². The van der Waals surface area contributed by atoms with E-state index in [4.69, 9.17) is 13.9 Å². The Kier molecular flexibility index (Phi) is 5.12. The van der Waals surface area contributed by atoms with Crippen LogP contribution in [0.2, 0.25) is 0 Å². The number of phenols is 1. The molecule has 0 saturated carbocycles. The van der Waals surface area contributed by atoms with Crippen molar-refractivity contribution in [3.05, 3.63) is 69.3 Å². The number of phenolic OH excluding ortho intramolecular Hbond substituents is 1. The molecule has 0 amide bonds. The van der Waals surface area contributed by atoms with Crippen molar-refractivity contribution in [2.24, 2.45) is 0 Å². The summed E-state index contributed by atoms with van der Waals surface area (Å²) in [4.78, 5) is 23.9. The lowest BCUT2D eigenvalue weighted by atomic mass is 10.0. The smallest absolute Gasteiger partial charge is 0.341 e. The summed E-state index contributed by atoms with van der Waals surface area (Å²) in [6, 6.07) is 8.02. The molecule has 3 aromatic rings. The zero-order valence-corrected chi connectivity index (χ0v) is 14.7. The van der Waals surface area contributed by atoms with E-state index in [9.17, 15) is 19.1 Å². The average molecular weight is 372 g/mol. The summed E-state index contributed by atoms with van der Waals surface area (Å²) in [5, 5.41) is 10.5. The molecule has 0 fully saturated rings. The van der Waals surface area contributed by atoms with Crippen molar-refractivity contribution >= 4 is 16.9 Å². The number of fused-ring (bicyclic) bond motifs is 1. The first kappa shape index (κ1) is 18.4. The highest BCUT2D eigenvalue weighted by molar-refractivity contribution is 5.90. The number of halogens is 1. The number of ether oxygens (including phenoxy) is 2. The summed E-state index contributed by atoms with van der Waals surface area (Å²) in [6.45, 7) is 1.62. The molecule has 0 aliphatic heterocycles. The molecule has 2 aromatic carbocycles. The van der Waals surface area contributed by atoms with Gasteiger partial charge in [-0.1, -0.05) is 6.92 Å². The van der Waals surface area contributed by atoms with Crippen molar-refractivity contribution in [1.82, 2.24) is 0 Å². The molecule has 0 aliphatic carbocycles. The number of rotatable bonds is 5. The molecule has 0 spiro atoms. The number of carbonyl (C=O) groups is 1. The Labute approximate surface area is 153 Å². The van der Waals surface area contributed by atoms with E-state index in [1.807, 2.05) is 6.92 Å². The van der Waals surface area contributed by atoms with Gasteiger partial charge in [-0.2, -0.15) is 0 Å². The number of hydrogen-bond donors (Lipinski definition) is 1. The van der Waals surface area contributed by atoms with Gasteiger partial charge in [-0.15, -0.1) is 0 Å². The van der Waals surface area contributed by atoms with E-state index >= 15 is 0 Å². The van der Waals surface area contributed by atoms with Crippen LogP contribution in [0.5, 0.6) is 11.5 Å². The minimum absolute atomic E-state index is 0.0163. The number of hydrogen-bond acceptors (Lipinski definition) is 6. The quantitative estimate of drug-likeness (QED) is 0.544. The first-order valence-corrected chi connectivity index (χ1v) is 8.22. The Morgan fingerprint density at radius 2 is 1.96 bits per heavy atom. The Morgan fingerprint density at radius 3 is 2.63 bits per heavy atom. The normalized spacial score (nSPS) is 10.8. The first-order chi connectivity index (χ1) is 12.9. The van der Waals surface area contributed by atoms with Crippen LogP contribution in [0.4, 0.5) is 4.39 Å². The molecule has 0 bridgehead atoms. The molecular formula is C20H17FO6. The van der Waals surface area contributed by atoms with Crippen molar-refractivity contribution in [3.8, 4) is 11.5 Å². The van der Waals surface area contributed by atoms with E-state index in [2.05, 4.69) is 0 Å². The molecule has 6 nitrogen and oxygen atoms in total. The van der Waals surface area contributed by atoms with E-state index < -0.39 is 17.4 Å². The predicted octanol–water partition coefficient (Wildman–Crippen LogP) is 3.57. The van der Waals surface area contributed by atoms with Gasteiger partial charge in [-0.25, -0.2) is 14.0 Å². The predicted molar refractivity (Wildman–Crippen MR) is 95.6 cm³/mol. The van der Waals surface area contributed by atoms with Crippen LogP contribution < -0.4 is 10.4 Å². The van der Waals surface area contributed by atoms with Gasteiger partial charge < -0.3 is 19.0 Å². The Bertz CT molecular complexity index is 1070. The second kappa shape index (κ2) is 7.49. The third-order valence-electron chi connectivity index (χ3n) is 4.17. The first-order valence-electron chi connectivity index (χ1n) is 8.22. The monoisotopic (exact) mass is 372 g/mol. The fourth-order valence-electron chi connectivity index (χ4n) is 2.72. The lowest BCUT2D eigenvalue weighted by molar-refractivity contribution is 0.0468. The average Bonchev–Trinajstić information content (AvgIpc) is 2.65. The molecule has 0 radical (unpaired) electrons. The van der Waals surface area contributed by atoms with E-state index in [0.717, 1.165) is 6.07 Å². The molecule has 1 N–H and O–H groups in total. The zero-order valence-electron chi connectivity index (χ0n) is 14.7. The third kappa shape index (κ3) is 3.76. The van der Waals surface area contributed by atoms with Crippen LogP contribution in [-0.4, -0.2) is 18.2 Å². The molecule has 1 aromatic heterocycles. The van der Waals surface area contributed by atoms with Crippen molar-refractivity contribution in [3.63, 3.8) is 0 Å². The van der Waals surface area contributed by atoms with Gasteiger partial charge >= 0.3 is 11.6 Å². The lowest BCUT2D eigenvalue weighted by Crippen LogP contribution is -2.09. The Hall–Kier alpha value is -3.35. The molecule has 0 unspecified atom stereocenters. The van der Waals surface area contributed by atoms with E-state index in [-0.39, 0.29) is 29.3 Å². The molecule has 3 rings (SSSR count). The second-order valence-electron chi connectivity index (χ2n) is 5.84. The maximum atomic E-state index is 14.0. The number of methoxy groups -OCH3 is 1. The SMILES string of the molecule is CCc1cc2c(COC(=O)c3ccc(OC)cc3F)cc(=O)oc2cc1O. The van der Waals surface area contributed by atoms with Crippen LogP contribution in [0.1, 0.15) is 28.4 Å². The zero-order chi connectivity index (χ0) is 19.6. The summed E-state index contributed by atoms with van der Waals surface area (Å²) in [6.07, 6.45) is 0.567. The van der Waals surface area contributed by atoms with Gasteiger partial charge in [-0.3, -0.25) is 0 Å². The molecular weight excluding hydrogens is 355 g/mol. The van der Waals surface area contributed by atoms with Gasteiger partial charge in [0.25, 0.3) is 0 Å². The Balaban J connectivity index is 1.90. The third-order valence-corrected chi connectivity index (χ3v) is 4.17. The van der Waals surface area contributed by atoms with Crippen LogP contribution in [0.25, 0.3) is 11.0 Å². The van der Waals surface area contributed by atoms with Crippen LogP contribution in [0, 0.1) is 5.82 Å². The number of benzene rings is 2. The minimum atomic E-state index is -0.869. The van der Waals surface area contributed by atoms with Crippen LogP contribution in [-0.2, 0) is 17.8 Å². The fourth-order valence-corrected chi connectivity index (χ4v) is 2.72. The summed E-state index contributed by atoms with van der Waals surface area (Å²) in [5.74, 6) is -1.34. The summed E-state index contributed by atoms with van der Waals surface area (Å²) in [7, 11) is 1.39. The second-order valence-corrected chi connectivity index (χ2v) is 5.84. The number of aromatic hydroxyl groups is 1. The minimum Gasteiger partial charge on any atom is -0.508 e. The van der Waals surface area contributed by atoms with Gasteiger partial charge in [-0.05, 0) is 30.2 Å². The van der Waals surface area contributed by atoms with Gasteiger partial charge in [0.2, 0.25) is 0 Å². The van der Waals surface area contributed by atoms with Crippen molar-refractivity contribution in [1.29, 1.82) is 0 Å². The fraction of sp³-hybridized carbons (Fsp3) is 0.200. The molecule has 1 heterocycles. The van der Waals surface area contributed by atoms with E-state index in [1.54, 1.807) is 6.07 Å². The molecule has 27 heavy (non-hydrogen) atoms. The number of aryl methyl sites for hydroxylation is 1. The van der Waals surface area contributed by atoms with Crippen molar-refractivity contribution in [2.75, 3.05) is 7.11 Å². The molecule has 7 heteroatoms. The van der Waals surface area contributed by atoms with Crippen LogP contribution >= 0.6 is 0 Å². The largest absolute Gasteiger partial charge is 0.508 e. The number of esters is 1. The summed E-state index contributed by atoms with van der Waals surface area (Å²) >= 11 is 0. The lowest BCUT2D eigenvalue weighted by Gasteiger charge is -2.10. The number of carbonyl (C=O) groups excluding carboxylic acids is 1. The maximum absolute atomic E-state index is 14.0. The highest BCUT2D eigenvalue weighted by Gasteiger charge is 2.16. The van der Waals surface area contributed by atoms with E-state index in [1.165, 1.54) is 31.4 Å².